The van der Waals surface area contributed by atoms with Crippen LogP contribution in [0.1, 0.15) is 29.0 Å². The minimum Gasteiger partial charge on any atom is -0.441 e. The molecule has 6 nitrogen and oxygen atoms in total. The van der Waals surface area contributed by atoms with E-state index < -0.39 is 0 Å². The van der Waals surface area contributed by atoms with Crippen molar-refractivity contribution in [3.05, 3.63) is 59.0 Å². The summed E-state index contributed by atoms with van der Waals surface area (Å²) >= 11 is 0. The summed E-state index contributed by atoms with van der Waals surface area (Å²) in [5.41, 5.74) is 5.64. The first-order valence-electron chi connectivity index (χ1n) is 9.42. The molecule has 144 valence electrons. The lowest BCUT2D eigenvalue weighted by Crippen LogP contribution is -2.32. The molecule has 1 unspecified atom stereocenters. The van der Waals surface area contributed by atoms with Crippen molar-refractivity contribution in [3.8, 4) is 0 Å². The van der Waals surface area contributed by atoms with E-state index in [9.17, 15) is 9.59 Å². The maximum atomic E-state index is 12.6. The third-order valence-corrected chi connectivity index (χ3v) is 5.32. The van der Waals surface area contributed by atoms with E-state index >= 15 is 0 Å². The van der Waals surface area contributed by atoms with Gasteiger partial charge in [-0.3, -0.25) is 9.59 Å². The van der Waals surface area contributed by atoms with Crippen molar-refractivity contribution >= 4 is 28.6 Å². The lowest BCUT2D eigenvalue weighted by molar-refractivity contribution is -0.126. The van der Waals surface area contributed by atoms with Crippen LogP contribution in [-0.2, 0) is 16.1 Å². The highest BCUT2D eigenvalue weighted by molar-refractivity contribution is 6.01. The van der Waals surface area contributed by atoms with Crippen LogP contribution in [0, 0.1) is 26.7 Å². The Hall–Kier alpha value is -3.15. The Balaban J connectivity index is 1.42. The summed E-state index contributed by atoms with van der Waals surface area (Å²) in [5.74, 6) is 0.0932. The summed E-state index contributed by atoms with van der Waals surface area (Å²) in [6, 6.07) is 11.6. The van der Waals surface area contributed by atoms with Gasteiger partial charge in [0.1, 0.15) is 5.52 Å². The fourth-order valence-electron chi connectivity index (χ4n) is 3.58. The van der Waals surface area contributed by atoms with Gasteiger partial charge in [0.2, 0.25) is 11.8 Å². The molecule has 0 saturated carbocycles. The number of rotatable bonds is 4. The molecule has 2 heterocycles. The van der Waals surface area contributed by atoms with Crippen LogP contribution in [0.3, 0.4) is 0 Å². The van der Waals surface area contributed by atoms with E-state index in [0.29, 0.717) is 30.1 Å². The van der Waals surface area contributed by atoms with Gasteiger partial charge in [-0.05, 0) is 48.7 Å². The Morgan fingerprint density at radius 1 is 1.18 bits per heavy atom. The predicted octanol–water partition coefficient (Wildman–Crippen LogP) is 3.42. The first-order valence-corrected chi connectivity index (χ1v) is 9.42. The van der Waals surface area contributed by atoms with E-state index in [1.807, 2.05) is 24.3 Å². The summed E-state index contributed by atoms with van der Waals surface area (Å²) < 4.78 is 5.48. The number of aryl methyl sites for hydroxylation is 3. The number of hydrogen-bond acceptors (Lipinski definition) is 4. The zero-order chi connectivity index (χ0) is 19.8. The highest BCUT2D eigenvalue weighted by Gasteiger charge is 2.35. The van der Waals surface area contributed by atoms with Gasteiger partial charge in [-0.15, -0.1) is 0 Å². The molecule has 1 fully saturated rings. The zero-order valence-electron chi connectivity index (χ0n) is 16.3. The van der Waals surface area contributed by atoms with Crippen molar-refractivity contribution in [2.75, 3.05) is 11.4 Å². The first-order chi connectivity index (χ1) is 13.4. The molecule has 0 aliphatic carbocycles. The van der Waals surface area contributed by atoms with Crippen molar-refractivity contribution in [2.45, 2.75) is 33.7 Å². The van der Waals surface area contributed by atoms with Crippen molar-refractivity contribution in [1.82, 2.24) is 10.3 Å². The van der Waals surface area contributed by atoms with Crippen LogP contribution < -0.4 is 10.2 Å². The number of fused-ring (bicyclic) bond motifs is 1. The molecule has 2 amide bonds. The van der Waals surface area contributed by atoms with Crippen molar-refractivity contribution in [1.29, 1.82) is 0 Å². The fourth-order valence-corrected chi connectivity index (χ4v) is 3.58. The summed E-state index contributed by atoms with van der Waals surface area (Å²) in [4.78, 5) is 31.1. The number of nitrogens with zero attached hydrogens (tertiary/aromatic N) is 2. The molecule has 0 bridgehead atoms. The maximum Gasteiger partial charge on any atom is 0.227 e. The van der Waals surface area contributed by atoms with E-state index in [-0.39, 0.29) is 24.2 Å². The molecular weight excluding hydrogens is 354 g/mol. The third-order valence-electron chi connectivity index (χ3n) is 5.32. The lowest BCUT2D eigenvalue weighted by atomic mass is 10.1. The monoisotopic (exact) mass is 377 g/mol. The zero-order valence-corrected chi connectivity index (χ0v) is 16.3. The normalized spacial score (nSPS) is 16.8. The van der Waals surface area contributed by atoms with Gasteiger partial charge in [-0.25, -0.2) is 4.98 Å². The summed E-state index contributed by atoms with van der Waals surface area (Å²) in [6.45, 7) is 6.75. The summed E-state index contributed by atoms with van der Waals surface area (Å²) in [5, 5.41) is 2.97. The van der Waals surface area contributed by atoms with Crippen LogP contribution in [-0.4, -0.2) is 23.3 Å². The Morgan fingerprint density at radius 3 is 2.79 bits per heavy atom. The Kier molecular flexibility index (Phi) is 4.63. The molecule has 1 aromatic heterocycles. The number of carbonyl (C=O) groups excluding carboxylic acids is 2. The minimum atomic E-state index is -0.353. The molecule has 4 rings (SSSR count). The number of amides is 2. The number of hydrogen-bond donors (Lipinski definition) is 1. The number of nitrogens with one attached hydrogen (secondary N) is 1. The fraction of sp³-hybridized carbons (Fsp3) is 0.318. The smallest absolute Gasteiger partial charge is 0.227 e. The quantitative estimate of drug-likeness (QED) is 0.756. The molecular formula is C22H23N3O3. The Bertz CT molecular complexity index is 1070. The van der Waals surface area contributed by atoms with Crippen LogP contribution in [0.25, 0.3) is 11.1 Å². The standard InChI is InChI=1S/C22H23N3O3/c1-13-4-5-16(8-14(13)2)11-23-22(27)17-9-21(26)25(12-17)18-6-7-20-19(10-18)24-15(3)28-20/h4-8,10,17H,9,11-12H2,1-3H3,(H,23,27). The van der Waals surface area contributed by atoms with E-state index in [0.717, 1.165) is 11.3 Å². The van der Waals surface area contributed by atoms with Gasteiger partial charge in [0.05, 0.1) is 5.92 Å². The van der Waals surface area contributed by atoms with E-state index in [2.05, 4.69) is 36.3 Å². The Labute approximate surface area is 163 Å². The molecule has 1 aliphatic heterocycles. The molecule has 1 saturated heterocycles. The topological polar surface area (TPSA) is 75.4 Å². The van der Waals surface area contributed by atoms with Gasteiger partial charge < -0.3 is 14.6 Å². The molecule has 1 aliphatic rings. The second kappa shape index (κ2) is 7.11. The highest BCUT2D eigenvalue weighted by Crippen LogP contribution is 2.28. The first kappa shape index (κ1) is 18.2. The van der Waals surface area contributed by atoms with Crippen molar-refractivity contribution < 1.29 is 14.0 Å². The van der Waals surface area contributed by atoms with Crippen molar-refractivity contribution in [2.24, 2.45) is 5.92 Å². The average Bonchev–Trinajstić information content (AvgIpc) is 3.23. The molecule has 1 atom stereocenters. The van der Waals surface area contributed by atoms with Gasteiger partial charge >= 0.3 is 0 Å². The molecule has 28 heavy (non-hydrogen) atoms. The van der Waals surface area contributed by atoms with E-state index in [1.54, 1.807) is 11.8 Å². The number of anilines is 1. The summed E-state index contributed by atoms with van der Waals surface area (Å²) in [7, 11) is 0. The van der Waals surface area contributed by atoms with Crippen LogP contribution >= 0.6 is 0 Å². The number of benzene rings is 2. The van der Waals surface area contributed by atoms with E-state index in [4.69, 9.17) is 4.42 Å². The van der Waals surface area contributed by atoms with Gasteiger partial charge in [-0.1, -0.05) is 18.2 Å². The predicted molar refractivity (Wildman–Crippen MR) is 107 cm³/mol. The number of carbonyl (C=O) groups is 2. The largest absolute Gasteiger partial charge is 0.441 e. The molecule has 3 aromatic rings. The van der Waals surface area contributed by atoms with Crippen molar-refractivity contribution in [3.63, 3.8) is 0 Å². The lowest BCUT2D eigenvalue weighted by Gasteiger charge is -2.16. The number of aromatic nitrogens is 1. The minimum absolute atomic E-state index is 0.0501. The number of oxazole rings is 1. The van der Waals surface area contributed by atoms with Gasteiger partial charge in [0, 0.05) is 32.1 Å². The van der Waals surface area contributed by atoms with Gasteiger partial charge in [-0.2, -0.15) is 0 Å². The Morgan fingerprint density at radius 2 is 2.00 bits per heavy atom. The third kappa shape index (κ3) is 3.50. The second-order valence-corrected chi connectivity index (χ2v) is 7.43. The molecule has 0 spiro atoms. The maximum absolute atomic E-state index is 12.6. The highest BCUT2D eigenvalue weighted by atomic mass is 16.3. The van der Waals surface area contributed by atoms with Crippen LogP contribution in [0.2, 0.25) is 0 Å². The SMILES string of the molecule is Cc1nc2cc(N3CC(C(=O)NCc4ccc(C)c(C)c4)CC3=O)ccc2o1. The molecule has 0 radical (unpaired) electrons. The molecule has 6 heteroatoms. The van der Waals surface area contributed by atoms with Gasteiger partial charge in [0.15, 0.2) is 11.5 Å². The molecule has 2 aromatic carbocycles. The summed E-state index contributed by atoms with van der Waals surface area (Å²) in [6.07, 6.45) is 0.217. The average molecular weight is 377 g/mol. The van der Waals surface area contributed by atoms with Gasteiger partial charge in [0.25, 0.3) is 0 Å². The van der Waals surface area contributed by atoms with Crippen LogP contribution in [0.15, 0.2) is 40.8 Å². The van der Waals surface area contributed by atoms with Crippen LogP contribution in [0.4, 0.5) is 5.69 Å². The molecule has 1 N–H and O–H groups in total. The second-order valence-electron chi connectivity index (χ2n) is 7.43. The van der Waals surface area contributed by atoms with Crippen LogP contribution in [0.5, 0.6) is 0 Å². The van der Waals surface area contributed by atoms with E-state index in [1.165, 1.54) is 11.1 Å².